The fourth-order valence-electron chi connectivity index (χ4n) is 3.46. The van der Waals surface area contributed by atoms with Crippen molar-refractivity contribution in [2.24, 2.45) is 0 Å². The summed E-state index contributed by atoms with van der Waals surface area (Å²) in [4.78, 5) is 0. The van der Waals surface area contributed by atoms with E-state index in [1.165, 1.54) is 11.1 Å². The average Bonchev–Trinajstić information content (AvgIpc) is 2.77. The second-order valence-electron chi connectivity index (χ2n) is 7.36. The highest BCUT2D eigenvalue weighted by Crippen LogP contribution is 2.32. The maximum Gasteiger partial charge on any atom is 0.166 e. The molecule has 0 saturated carbocycles. The molecule has 0 bridgehead atoms. The van der Waals surface area contributed by atoms with Gasteiger partial charge in [0.2, 0.25) is 0 Å². The van der Waals surface area contributed by atoms with Gasteiger partial charge in [-0.2, -0.15) is 0 Å². The van der Waals surface area contributed by atoms with E-state index in [1.54, 1.807) is 7.11 Å². The summed E-state index contributed by atoms with van der Waals surface area (Å²) in [7, 11) is 1.69. The van der Waals surface area contributed by atoms with Gasteiger partial charge < -0.3 is 14.8 Å². The lowest BCUT2D eigenvalue weighted by Crippen LogP contribution is -2.21. The average molecular weight is 390 g/mol. The molecule has 29 heavy (non-hydrogen) atoms. The molecule has 3 nitrogen and oxygen atoms in total. The third-order valence-corrected chi connectivity index (χ3v) is 5.10. The number of ether oxygens (including phenoxy) is 2. The molecule has 3 rings (SSSR count). The van der Waals surface area contributed by atoms with Crippen LogP contribution in [0.1, 0.15) is 48.1 Å². The molecule has 3 aromatic rings. The zero-order valence-electron chi connectivity index (χ0n) is 17.7. The quantitative estimate of drug-likeness (QED) is 0.447. The lowest BCUT2D eigenvalue weighted by molar-refractivity contribution is 0.280. The summed E-state index contributed by atoms with van der Waals surface area (Å²) in [6.07, 6.45) is 2.22. The van der Waals surface area contributed by atoms with Gasteiger partial charge in [-0.15, -0.1) is 0 Å². The SMILES string of the molecule is CCCC(NCc1cccc(OC)c1OCc1ccc(C)cc1)c1ccccc1. The molecular formula is C26H31NO2. The predicted octanol–water partition coefficient (Wildman–Crippen LogP) is 6.21. The lowest BCUT2D eigenvalue weighted by atomic mass is 10.0. The normalized spacial score (nSPS) is 11.8. The highest BCUT2D eigenvalue weighted by atomic mass is 16.5. The summed E-state index contributed by atoms with van der Waals surface area (Å²) in [5.74, 6) is 1.58. The number of methoxy groups -OCH3 is 1. The zero-order valence-corrected chi connectivity index (χ0v) is 17.7. The van der Waals surface area contributed by atoms with Gasteiger partial charge in [0.25, 0.3) is 0 Å². The molecule has 1 atom stereocenters. The Kier molecular flexibility index (Phi) is 7.71. The molecule has 1 N–H and O–H groups in total. The van der Waals surface area contributed by atoms with Gasteiger partial charge in [0.1, 0.15) is 6.61 Å². The monoisotopic (exact) mass is 389 g/mol. The van der Waals surface area contributed by atoms with Crippen LogP contribution in [0.25, 0.3) is 0 Å². The fraction of sp³-hybridized carbons (Fsp3) is 0.308. The van der Waals surface area contributed by atoms with Gasteiger partial charge in [0.05, 0.1) is 7.11 Å². The van der Waals surface area contributed by atoms with Crippen molar-refractivity contribution in [1.29, 1.82) is 0 Å². The largest absolute Gasteiger partial charge is 0.493 e. The van der Waals surface area contributed by atoms with Crippen molar-refractivity contribution in [3.63, 3.8) is 0 Å². The first-order valence-corrected chi connectivity index (χ1v) is 10.3. The van der Waals surface area contributed by atoms with Crippen molar-refractivity contribution in [2.75, 3.05) is 7.11 Å². The molecule has 0 aliphatic rings. The summed E-state index contributed by atoms with van der Waals surface area (Å²) in [6, 6.07) is 25.5. The van der Waals surface area contributed by atoms with Crippen molar-refractivity contribution in [1.82, 2.24) is 5.32 Å². The van der Waals surface area contributed by atoms with Crippen LogP contribution in [0.4, 0.5) is 0 Å². The van der Waals surface area contributed by atoms with Crippen molar-refractivity contribution in [2.45, 2.75) is 45.9 Å². The number of hydrogen-bond acceptors (Lipinski definition) is 3. The van der Waals surface area contributed by atoms with Crippen molar-refractivity contribution < 1.29 is 9.47 Å². The Morgan fingerprint density at radius 3 is 2.34 bits per heavy atom. The van der Waals surface area contributed by atoms with Crippen LogP contribution in [-0.4, -0.2) is 7.11 Å². The van der Waals surface area contributed by atoms with E-state index in [-0.39, 0.29) is 0 Å². The first kappa shape index (κ1) is 20.9. The van der Waals surface area contributed by atoms with Crippen LogP contribution in [0.2, 0.25) is 0 Å². The molecular weight excluding hydrogens is 358 g/mol. The first-order valence-electron chi connectivity index (χ1n) is 10.3. The molecule has 0 radical (unpaired) electrons. The molecule has 1 unspecified atom stereocenters. The fourth-order valence-corrected chi connectivity index (χ4v) is 3.46. The van der Waals surface area contributed by atoms with Gasteiger partial charge in [-0.05, 0) is 30.5 Å². The van der Waals surface area contributed by atoms with E-state index in [4.69, 9.17) is 9.47 Å². The third kappa shape index (κ3) is 5.85. The molecule has 0 aromatic heterocycles. The molecule has 0 heterocycles. The second kappa shape index (κ2) is 10.7. The van der Waals surface area contributed by atoms with E-state index in [0.717, 1.165) is 42.0 Å². The third-order valence-electron chi connectivity index (χ3n) is 5.10. The van der Waals surface area contributed by atoms with Crippen LogP contribution in [0.5, 0.6) is 11.5 Å². The molecule has 0 spiro atoms. The Labute approximate surface area is 174 Å². The topological polar surface area (TPSA) is 30.5 Å². The molecule has 3 heteroatoms. The summed E-state index contributed by atoms with van der Waals surface area (Å²) in [5, 5.41) is 3.72. The van der Waals surface area contributed by atoms with Crippen LogP contribution >= 0.6 is 0 Å². The minimum absolute atomic E-state index is 0.317. The van der Waals surface area contributed by atoms with Crippen LogP contribution in [0.15, 0.2) is 72.8 Å². The van der Waals surface area contributed by atoms with Crippen LogP contribution in [0, 0.1) is 6.92 Å². The Morgan fingerprint density at radius 2 is 1.66 bits per heavy atom. The summed E-state index contributed by atoms with van der Waals surface area (Å²) in [6.45, 7) is 5.55. The van der Waals surface area contributed by atoms with Gasteiger partial charge in [0, 0.05) is 18.2 Å². The first-order chi connectivity index (χ1) is 14.2. The van der Waals surface area contributed by atoms with Crippen LogP contribution < -0.4 is 14.8 Å². The van der Waals surface area contributed by atoms with Gasteiger partial charge in [-0.1, -0.05) is 85.6 Å². The number of nitrogens with one attached hydrogen (secondary N) is 1. The van der Waals surface area contributed by atoms with E-state index in [1.807, 2.05) is 12.1 Å². The van der Waals surface area contributed by atoms with E-state index in [0.29, 0.717) is 12.6 Å². The molecule has 0 fully saturated rings. The molecule has 152 valence electrons. The number of para-hydroxylation sites is 1. The molecule has 0 saturated heterocycles. The number of rotatable bonds is 10. The summed E-state index contributed by atoms with van der Waals surface area (Å²) >= 11 is 0. The molecule has 0 aliphatic heterocycles. The maximum absolute atomic E-state index is 6.22. The van der Waals surface area contributed by atoms with Crippen molar-refractivity contribution >= 4 is 0 Å². The highest BCUT2D eigenvalue weighted by Gasteiger charge is 2.14. The number of benzene rings is 3. The lowest BCUT2D eigenvalue weighted by Gasteiger charge is -2.21. The molecule has 0 amide bonds. The number of aryl methyl sites for hydroxylation is 1. The predicted molar refractivity (Wildman–Crippen MR) is 119 cm³/mol. The van der Waals surface area contributed by atoms with E-state index in [2.05, 4.69) is 79.8 Å². The standard InChI is InChI=1S/C26H31NO2/c1-4-9-24(22-10-6-5-7-11-22)27-18-23-12-8-13-25(28-3)26(23)29-19-21-16-14-20(2)15-17-21/h5-8,10-17,24,27H,4,9,18-19H2,1-3H3. The zero-order chi connectivity index (χ0) is 20.5. The van der Waals surface area contributed by atoms with Crippen molar-refractivity contribution in [3.05, 3.63) is 95.1 Å². The summed E-state index contributed by atoms with van der Waals surface area (Å²) < 4.78 is 11.8. The Bertz CT molecular complexity index is 875. The van der Waals surface area contributed by atoms with Gasteiger partial charge in [-0.25, -0.2) is 0 Å². The van der Waals surface area contributed by atoms with Gasteiger partial charge in [0.15, 0.2) is 11.5 Å². The molecule has 0 aliphatic carbocycles. The van der Waals surface area contributed by atoms with Crippen LogP contribution in [-0.2, 0) is 13.2 Å². The second-order valence-corrected chi connectivity index (χ2v) is 7.36. The Morgan fingerprint density at radius 1 is 0.897 bits per heavy atom. The minimum atomic E-state index is 0.317. The van der Waals surface area contributed by atoms with Crippen molar-refractivity contribution in [3.8, 4) is 11.5 Å². The van der Waals surface area contributed by atoms with Gasteiger partial charge in [-0.3, -0.25) is 0 Å². The van der Waals surface area contributed by atoms with E-state index in [9.17, 15) is 0 Å². The van der Waals surface area contributed by atoms with E-state index < -0.39 is 0 Å². The minimum Gasteiger partial charge on any atom is -0.493 e. The number of hydrogen-bond donors (Lipinski definition) is 1. The van der Waals surface area contributed by atoms with Crippen LogP contribution in [0.3, 0.4) is 0 Å². The summed E-state index contributed by atoms with van der Waals surface area (Å²) in [5.41, 5.74) is 4.82. The molecule has 3 aromatic carbocycles. The Balaban J connectivity index is 1.75. The smallest absolute Gasteiger partial charge is 0.166 e. The highest BCUT2D eigenvalue weighted by molar-refractivity contribution is 5.47. The van der Waals surface area contributed by atoms with Gasteiger partial charge >= 0.3 is 0 Å². The maximum atomic E-state index is 6.22. The Hall–Kier alpha value is -2.78. The van der Waals surface area contributed by atoms with E-state index >= 15 is 0 Å².